The molecule has 0 aliphatic carbocycles. The van der Waals surface area contributed by atoms with Crippen molar-refractivity contribution in [1.29, 1.82) is 0 Å². The maximum Gasteiger partial charge on any atom is 0.215 e. The third-order valence-corrected chi connectivity index (χ3v) is 7.33. The van der Waals surface area contributed by atoms with E-state index in [0.717, 1.165) is 5.69 Å². The van der Waals surface area contributed by atoms with E-state index in [1.807, 2.05) is 6.07 Å². The van der Waals surface area contributed by atoms with Crippen LogP contribution >= 0.6 is 0 Å². The first-order chi connectivity index (χ1) is 14.6. The van der Waals surface area contributed by atoms with Crippen LogP contribution in [0.4, 0.5) is 5.69 Å². The summed E-state index contributed by atoms with van der Waals surface area (Å²) in [6.45, 7) is 5.61. The van der Waals surface area contributed by atoms with Gasteiger partial charge in [-0.2, -0.15) is 0 Å². The van der Waals surface area contributed by atoms with Crippen LogP contribution in [0.3, 0.4) is 0 Å². The molecule has 10 heteroatoms. The molecule has 31 heavy (non-hydrogen) atoms. The van der Waals surface area contributed by atoms with Crippen molar-refractivity contribution in [3.8, 4) is 23.0 Å². The van der Waals surface area contributed by atoms with E-state index in [0.29, 0.717) is 35.9 Å². The maximum absolute atomic E-state index is 13.2. The van der Waals surface area contributed by atoms with Gasteiger partial charge in [0.15, 0.2) is 9.84 Å². The van der Waals surface area contributed by atoms with Gasteiger partial charge in [0.2, 0.25) is 5.88 Å². The van der Waals surface area contributed by atoms with E-state index in [1.165, 1.54) is 20.4 Å². The predicted molar refractivity (Wildman–Crippen MR) is 119 cm³/mol. The molecule has 0 fully saturated rings. The highest BCUT2D eigenvalue weighted by Crippen LogP contribution is 2.34. The van der Waals surface area contributed by atoms with Crippen molar-refractivity contribution in [1.82, 2.24) is 14.4 Å². The van der Waals surface area contributed by atoms with Gasteiger partial charge in [0.05, 0.1) is 36.6 Å². The second kappa shape index (κ2) is 8.72. The van der Waals surface area contributed by atoms with Crippen molar-refractivity contribution < 1.29 is 23.0 Å². The van der Waals surface area contributed by atoms with Gasteiger partial charge in [0.25, 0.3) is 0 Å². The fourth-order valence-electron chi connectivity index (χ4n) is 3.02. The molecule has 2 N–H and O–H groups in total. The van der Waals surface area contributed by atoms with Crippen LogP contribution in [0.15, 0.2) is 35.5 Å². The first-order valence-electron chi connectivity index (χ1n) is 9.83. The van der Waals surface area contributed by atoms with Gasteiger partial charge in [-0.1, -0.05) is 0 Å². The van der Waals surface area contributed by atoms with Crippen molar-refractivity contribution in [2.24, 2.45) is 0 Å². The molecule has 0 aliphatic heterocycles. The molecule has 3 aromatic heterocycles. The number of aliphatic hydroxyl groups is 1. The fraction of sp³-hybridized carbons (Fsp3) is 0.429. The molecule has 0 saturated carbocycles. The zero-order chi connectivity index (χ0) is 22.8. The number of rotatable bonds is 8. The van der Waals surface area contributed by atoms with Crippen LogP contribution in [0.5, 0.6) is 11.6 Å². The molecular formula is C21H28N4O5S. The molecule has 0 radical (unpaired) electrons. The van der Waals surface area contributed by atoms with Crippen molar-refractivity contribution >= 4 is 21.2 Å². The Hall–Kier alpha value is -2.85. The number of aliphatic hydroxyl groups excluding tert-OH is 1. The van der Waals surface area contributed by atoms with Gasteiger partial charge < -0.3 is 19.9 Å². The summed E-state index contributed by atoms with van der Waals surface area (Å²) in [7, 11) is -0.718. The van der Waals surface area contributed by atoms with E-state index in [-0.39, 0.29) is 17.3 Å². The summed E-state index contributed by atoms with van der Waals surface area (Å²) in [4.78, 5) is 8.99. The number of ether oxygens (including phenoxy) is 2. The van der Waals surface area contributed by atoms with Crippen molar-refractivity contribution in [3.63, 3.8) is 0 Å². The number of anilines is 1. The highest BCUT2D eigenvalue weighted by Gasteiger charge is 2.34. The second-order valence-electron chi connectivity index (χ2n) is 7.98. The molecule has 9 nitrogen and oxygen atoms in total. The average Bonchev–Trinajstić information content (AvgIpc) is 3.14. The number of hydrogen-bond acceptors (Lipinski definition) is 8. The first kappa shape index (κ1) is 22.8. The van der Waals surface area contributed by atoms with E-state index in [4.69, 9.17) is 14.6 Å². The molecule has 0 amide bonds. The van der Waals surface area contributed by atoms with Gasteiger partial charge in [-0.05, 0) is 33.3 Å². The lowest BCUT2D eigenvalue weighted by Crippen LogP contribution is -2.28. The third-order valence-electron chi connectivity index (χ3n) is 4.83. The molecule has 0 saturated heterocycles. The topological polar surface area (TPSA) is 115 Å². The Morgan fingerprint density at radius 2 is 1.90 bits per heavy atom. The average molecular weight is 449 g/mol. The van der Waals surface area contributed by atoms with Gasteiger partial charge in [0, 0.05) is 37.2 Å². The third kappa shape index (κ3) is 4.45. The van der Waals surface area contributed by atoms with Crippen LogP contribution in [0.1, 0.15) is 27.2 Å². The number of nitrogens with zero attached hydrogens (tertiary/aromatic N) is 3. The van der Waals surface area contributed by atoms with E-state index in [1.54, 1.807) is 43.5 Å². The first-order valence-corrected chi connectivity index (χ1v) is 11.3. The van der Waals surface area contributed by atoms with E-state index >= 15 is 0 Å². The van der Waals surface area contributed by atoms with E-state index < -0.39 is 14.6 Å². The van der Waals surface area contributed by atoms with Gasteiger partial charge in [-0.3, -0.25) is 4.40 Å². The van der Waals surface area contributed by atoms with Crippen molar-refractivity contribution in [3.05, 3.63) is 30.6 Å². The Labute approximate surface area is 182 Å². The SMILES string of the molecule is COc1cc(NCCCO)cc(-c2cnc3cc(OC)c(S(=O)(=O)C(C)(C)C)cn23)n1. The summed E-state index contributed by atoms with van der Waals surface area (Å²) >= 11 is 0. The van der Waals surface area contributed by atoms with Crippen molar-refractivity contribution in [2.75, 3.05) is 32.7 Å². The van der Waals surface area contributed by atoms with Crippen LogP contribution in [-0.4, -0.2) is 60.0 Å². The van der Waals surface area contributed by atoms with Crippen LogP contribution in [-0.2, 0) is 9.84 Å². The monoisotopic (exact) mass is 448 g/mol. The summed E-state index contributed by atoms with van der Waals surface area (Å²) in [6, 6.07) is 5.18. The Morgan fingerprint density at radius 3 is 2.52 bits per heavy atom. The van der Waals surface area contributed by atoms with Crippen LogP contribution in [0.2, 0.25) is 0 Å². The highest BCUT2D eigenvalue weighted by molar-refractivity contribution is 7.92. The maximum atomic E-state index is 13.2. The molecule has 3 heterocycles. The Morgan fingerprint density at radius 1 is 1.16 bits per heavy atom. The molecule has 0 spiro atoms. The fourth-order valence-corrected chi connectivity index (χ4v) is 4.33. The predicted octanol–water partition coefficient (Wildman–Crippen LogP) is 2.78. The van der Waals surface area contributed by atoms with Crippen LogP contribution in [0.25, 0.3) is 17.0 Å². The number of methoxy groups -OCH3 is 2. The molecule has 0 bridgehead atoms. The Bertz CT molecular complexity index is 1180. The van der Waals surface area contributed by atoms with Gasteiger partial charge in [-0.25, -0.2) is 18.4 Å². The minimum absolute atomic E-state index is 0.0819. The molecule has 0 aromatic carbocycles. The molecule has 0 atom stereocenters. The number of fused-ring (bicyclic) bond motifs is 1. The lowest BCUT2D eigenvalue weighted by Gasteiger charge is -2.21. The quantitative estimate of drug-likeness (QED) is 0.506. The van der Waals surface area contributed by atoms with E-state index in [9.17, 15) is 8.42 Å². The number of nitrogens with one attached hydrogen (secondary N) is 1. The van der Waals surface area contributed by atoms with Crippen LogP contribution in [0, 0.1) is 0 Å². The van der Waals surface area contributed by atoms with E-state index in [2.05, 4.69) is 15.3 Å². The highest BCUT2D eigenvalue weighted by atomic mass is 32.2. The number of pyridine rings is 2. The number of sulfone groups is 1. The second-order valence-corrected chi connectivity index (χ2v) is 10.7. The summed E-state index contributed by atoms with van der Waals surface area (Å²) in [6.07, 6.45) is 3.75. The molecule has 0 unspecified atom stereocenters. The summed E-state index contributed by atoms with van der Waals surface area (Å²) in [5.74, 6) is 0.638. The van der Waals surface area contributed by atoms with Crippen LogP contribution < -0.4 is 14.8 Å². The number of hydrogen-bond donors (Lipinski definition) is 2. The number of aromatic nitrogens is 3. The zero-order valence-corrected chi connectivity index (χ0v) is 19.2. The lowest BCUT2D eigenvalue weighted by atomic mass is 10.2. The minimum Gasteiger partial charge on any atom is -0.495 e. The normalized spacial score (nSPS) is 12.2. The zero-order valence-electron chi connectivity index (χ0n) is 18.3. The van der Waals surface area contributed by atoms with Gasteiger partial charge >= 0.3 is 0 Å². The van der Waals surface area contributed by atoms with Crippen molar-refractivity contribution in [2.45, 2.75) is 36.8 Å². The Kier molecular flexibility index (Phi) is 6.42. The molecule has 3 aromatic rings. The number of imidazole rings is 1. The summed E-state index contributed by atoms with van der Waals surface area (Å²) in [5, 5.41) is 12.2. The molecular weight excluding hydrogens is 420 g/mol. The largest absolute Gasteiger partial charge is 0.495 e. The summed E-state index contributed by atoms with van der Waals surface area (Å²) < 4.78 is 37.7. The minimum atomic E-state index is -3.68. The lowest BCUT2D eigenvalue weighted by molar-refractivity contribution is 0.292. The molecule has 168 valence electrons. The molecule has 0 aliphatic rings. The van der Waals surface area contributed by atoms with Gasteiger partial charge in [-0.15, -0.1) is 0 Å². The standard InChI is InChI=1S/C21H28N4O5S/c1-21(2,3)31(27,28)18-13-25-16(12-23-19(25)11-17(18)29-4)15-9-14(22-7-6-8-26)10-20(24-15)30-5/h9-13,26H,6-8H2,1-5H3,(H,22,24). The molecule has 3 rings (SSSR count). The van der Waals surface area contributed by atoms with Gasteiger partial charge in [0.1, 0.15) is 16.3 Å². The Balaban J connectivity index is 2.18. The smallest absolute Gasteiger partial charge is 0.215 e. The summed E-state index contributed by atoms with van der Waals surface area (Å²) in [5.41, 5.74) is 2.45.